The summed E-state index contributed by atoms with van der Waals surface area (Å²) in [6, 6.07) is 16.6. The summed E-state index contributed by atoms with van der Waals surface area (Å²) in [5, 5.41) is 7.09. The molecule has 4 nitrogen and oxygen atoms in total. The number of nitrogens with one attached hydrogen (secondary N) is 2. The zero-order valence-corrected chi connectivity index (χ0v) is 17.0. The molecule has 1 atom stereocenters. The number of anilines is 2. The van der Waals surface area contributed by atoms with Crippen LogP contribution in [0.25, 0.3) is 0 Å². The lowest BCUT2D eigenvalue weighted by Crippen LogP contribution is -2.34. The van der Waals surface area contributed by atoms with Gasteiger partial charge in [0, 0.05) is 31.0 Å². The van der Waals surface area contributed by atoms with Crippen molar-refractivity contribution in [3.05, 3.63) is 54.1 Å². The number of nitrogens with zero attached hydrogens (tertiary/aromatic N) is 1. The van der Waals surface area contributed by atoms with Crippen LogP contribution in [-0.4, -0.2) is 24.8 Å². The highest BCUT2D eigenvalue weighted by Gasteiger charge is 2.16. The molecule has 27 heavy (non-hydrogen) atoms. The molecule has 0 radical (unpaired) electrons. The van der Waals surface area contributed by atoms with E-state index in [0.717, 1.165) is 30.4 Å². The summed E-state index contributed by atoms with van der Waals surface area (Å²) in [6.45, 7) is 8.02. The SMILES string of the molecule is CCOc1ccc(NC(=S)NCc2ccc(N3CCC[C@@H](C)C3)cc2)cc1. The maximum atomic E-state index is 5.45. The summed E-state index contributed by atoms with van der Waals surface area (Å²) in [6.07, 6.45) is 2.63. The summed E-state index contributed by atoms with van der Waals surface area (Å²) in [4.78, 5) is 2.49. The molecule has 2 aromatic carbocycles. The number of hydrogen-bond acceptors (Lipinski definition) is 3. The topological polar surface area (TPSA) is 36.5 Å². The molecule has 144 valence electrons. The molecule has 3 rings (SSSR count). The summed E-state index contributed by atoms with van der Waals surface area (Å²) < 4.78 is 5.45. The fourth-order valence-corrected chi connectivity index (χ4v) is 3.60. The van der Waals surface area contributed by atoms with Crippen molar-refractivity contribution in [2.24, 2.45) is 5.92 Å². The summed E-state index contributed by atoms with van der Waals surface area (Å²) in [5.41, 5.74) is 3.49. The number of hydrogen-bond donors (Lipinski definition) is 2. The normalized spacial score (nSPS) is 16.7. The minimum absolute atomic E-state index is 0.619. The Bertz CT molecular complexity index is 730. The van der Waals surface area contributed by atoms with E-state index in [0.29, 0.717) is 18.3 Å². The Hall–Kier alpha value is -2.27. The fraction of sp³-hybridized carbons (Fsp3) is 0.409. The van der Waals surface area contributed by atoms with Crippen LogP contribution in [0.3, 0.4) is 0 Å². The zero-order chi connectivity index (χ0) is 19.1. The van der Waals surface area contributed by atoms with Crippen molar-refractivity contribution in [3.63, 3.8) is 0 Å². The number of piperidine rings is 1. The maximum Gasteiger partial charge on any atom is 0.171 e. The lowest BCUT2D eigenvalue weighted by Gasteiger charge is -2.32. The van der Waals surface area contributed by atoms with Crippen molar-refractivity contribution in [2.75, 3.05) is 29.9 Å². The van der Waals surface area contributed by atoms with Gasteiger partial charge in [-0.1, -0.05) is 19.1 Å². The van der Waals surface area contributed by atoms with Crippen molar-refractivity contribution < 1.29 is 4.74 Å². The first kappa shape index (κ1) is 19.5. The second kappa shape index (κ2) is 9.60. The first-order valence-electron chi connectivity index (χ1n) is 9.75. The van der Waals surface area contributed by atoms with E-state index < -0.39 is 0 Å². The van der Waals surface area contributed by atoms with Crippen molar-refractivity contribution in [2.45, 2.75) is 33.2 Å². The fourth-order valence-electron chi connectivity index (χ4n) is 3.41. The van der Waals surface area contributed by atoms with Crippen LogP contribution >= 0.6 is 12.2 Å². The molecule has 2 N–H and O–H groups in total. The highest BCUT2D eigenvalue weighted by Crippen LogP contribution is 2.23. The highest BCUT2D eigenvalue weighted by atomic mass is 32.1. The quantitative estimate of drug-likeness (QED) is 0.700. The Balaban J connectivity index is 1.47. The van der Waals surface area contributed by atoms with Crippen molar-refractivity contribution in [1.29, 1.82) is 0 Å². The van der Waals surface area contributed by atoms with E-state index in [4.69, 9.17) is 17.0 Å². The van der Waals surface area contributed by atoms with E-state index in [-0.39, 0.29) is 0 Å². The van der Waals surface area contributed by atoms with Gasteiger partial charge in [0.2, 0.25) is 0 Å². The van der Waals surface area contributed by atoms with Crippen LogP contribution in [0, 0.1) is 5.92 Å². The monoisotopic (exact) mass is 383 g/mol. The number of rotatable bonds is 6. The molecule has 0 aromatic heterocycles. The van der Waals surface area contributed by atoms with Gasteiger partial charge in [0.05, 0.1) is 6.61 Å². The molecule has 0 aliphatic carbocycles. The molecule has 1 aliphatic rings. The van der Waals surface area contributed by atoms with E-state index in [1.165, 1.54) is 24.1 Å². The lowest BCUT2D eigenvalue weighted by molar-refractivity contribution is 0.340. The first-order valence-corrected chi connectivity index (χ1v) is 10.2. The van der Waals surface area contributed by atoms with Gasteiger partial charge >= 0.3 is 0 Å². The van der Waals surface area contributed by atoms with E-state index in [1.54, 1.807) is 0 Å². The van der Waals surface area contributed by atoms with Gasteiger partial charge in [-0.2, -0.15) is 0 Å². The smallest absolute Gasteiger partial charge is 0.171 e. The van der Waals surface area contributed by atoms with Gasteiger partial charge in [-0.05, 0) is 79.9 Å². The minimum atomic E-state index is 0.619. The van der Waals surface area contributed by atoms with E-state index >= 15 is 0 Å². The number of benzene rings is 2. The molecule has 0 saturated carbocycles. The molecule has 0 unspecified atom stereocenters. The van der Waals surface area contributed by atoms with Gasteiger partial charge < -0.3 is 20.3 Å². The minimum Gasteiger partial charge on any atom is -0.494 e. The second-order valence-corrected chi connectivity index (χ2v) is 7.53. The van der Waals surface area contributed by atoms with Gasteiger partial charge in [-0.25, -0.2) is 0 Å². The van der Waals surface area contributed by atoms with Crippen LogP contribution in [0.2, 0.25) is 0 Å². The van der Waals surface area contributed by atoms with Gasteiger partial charge in [-0.15, -0.1) is 0 Å². The molecular weight excluding hydrogens is 354 g/mol. The van der Waals surface area contributed by atoms with Crippen LogP contribution in [-0.2, 0) is 6.54 Å². The largest absolute Gasteiger partial charge is 0.494 e. The van der Waals surface area contributed by atoms with Crippen molar-refractivity contribution >= 4 is 28.7 Å². The van der Waals surface area contributed by atoms with Crippen LogP contribution in [0.15, 0.2) is 48.5 Å². The predicted octanol–water partition coefficient (Wildman–Crippen LogP) is 4.81. The second-order valence-electron chi connectivity index (χ2n) is 7.12. The molecule has 0 amide bonds. The third-order valence-corrected chi connectivity index (χ3v) is 5.08. The van der Waals surface area contributed by atoms with Crippen LogP contribution in [0.1, 0.15) is 32.3 Å². The average Bonchev–Trinajstić information content (AvgIpc) is 2.68. The summed E-state index contributed by atoms with van der Waals surface area (Å²) >= 11 is 5.40. The Morgan fingerprint density at radius 1 is 1.15 bits per heavy atom. The predicted molar refractivity (Wildman–Crippen MR) is 118 cm³/mol. The highest BCUT2D eigenvalue weighted by molar-refractivity contribution is 7.80. The van der Waals surface area contributed by atoms with Crippen molar-refractivity contribution in [1.82, 2.24) is 5.32 Å². The average molecular weight is 384 g/mol. The molecule has 1 fully saturated rings. The van der Waals surface area contributed by atoms with Gasteiger partial charge in [0.25, 0.3) is 0 Å². The van der Waals surface area contributed by atoms with Crippen LogP contribution in [0.5, 0.6) is 5.75 Å². The maximum absolute atomic E-state index is 5.45. The zero-order valence-electron chi connectivity index (χ0n) is 16.2. The Kier molecular flexibility index (Phi) is 6.93. The van der Waals surface area contributed by atoms with E-state index in [9.17, 15) is 0 Å². The molecule has 0 spiro atoms. The van der Waals surface area contributed by atoms with Gasteiger partial charge in [0.15, 0.2) is 5.11 Å². The third kappa shape index (κ3) is 5.86. The van der Waals surface area contributed by atoms with Gasteiger partial charge in [-0.3, -0.25) is 0 Å². The lowest BCUT2D eigenvalue weighted by atomic mass is 9.99. The molecular formula is C22H29N3OS. The summed E-state index contributed by atoms with van der Waals surface area (Å²) in [5.74, 6) is 1.65. The Morgan fingerprint density at radius 2 is 1.89 bits per heavy atom. The Morgan fingerprint density at radius 3 is 2.56 bits per heavy atom. The molecule has 1 saturated heterocycles. The standard InChI is InChI=1S/C22H29N3OS/c1-3-26-21-12-8-19(9-13-21)24-22(27)23-15-18-6-10-20(11-7-18)25-14-4-5-17(2)16-25/h6-13,17H,3-5,14-16H2,1-2H3,(H2,23,24,27)/t17-/m1/s1. The van der Waals surface area contributed by atoms with E-state index in [1.807, 2.05) is 31.2 Å². The van der Waals surface area contributed by atoms with Crippen LogP contribution in [0.4, 0.5) is 11.4 Å². The molecule has 1 aliphatic heterocycles. The number of thiocarbonyl (C=S) groups is 1. The molecule has 5 heteroatoms. The molecule has 0 bridgehead atoms. The van der Waals surface area contributed by atoms with Gasteiger partial charge in [0.1, 0.15) is 5.75 Å². The molecule has 2 aromatic rings. The van der Waals surface area contributed by atoms with Crippen molar-refractivity contribution in [3.8, 4) is 5.75 Å². The van der Waals surface area contributed by atoms with Crippen LogP contribution < -0.4 is 20.3 Å². The summed E-state index contributed by atoms with van der Waals surface area (Å²) in [7, 11) is 0. The number of ether oxygens (including phenoxy) is 1. The first-order chi connectivity index (χ1) is 13.1. The third-order valence-electron chi connectivity index (χ3n) is 4.83. The molecule has 1 heterocycles. The Labute approximate surface area is 167 Å². The van der Waals surface area contributed by atoms with E-state index in [2.05, 4.69) is 46.7 Å².